The summed E-state index contributed by atoms with van der Waals surface area (Å²) in [6.45, 7) is 15.1. The van der Waals surface area contributed by atoms with Crippen LogP contribution in [0.15, 0.2) is 18.2 Å². The van der Waals surface area contributed by atoms with Gasteiger partial charge in [-0.25, -0.2) is 4.79 Å². The summed E-state index contributed by atoms with van der Waals surface area (Å²) in [4.78, 5) is 42.1. The number of carbonyl (C=O) groups excluding carboxylic acids is 3. The van der Waals surface area contributed by atoms with Crippen LogP contribution >= 0.6 is 11.8 Å². The summed E-state index contributed by atoms with van der Waals surface area (Å²) in [6.07, 6.45) is 3.44. The topological polar surface area (TPSA) is 87.7 Å². The lowest BCUT2D eigenvalue weighted by Crippen LogP contribution is -2.55. The third kappa shape index (κ3) is 8.74. The first-order chi connectivity index (χ1) is 16.1. The van der Waals surface area contributed by atoms with Crippen molar-refractivity contribution in [3.63, 3.8) is 0 Å². The molecule has 0 aliphatic heterocycles. The van der Waals surface area contributed by atoms with Crippen molar-refractivity contribution in [2.75, 3.05) is 12.0 Å². The minimum absolute atomic E-state index is 0.0460. The number of ether oxygens (including phenoxy) is 1. The van der Waals surface area contributed by atoms with E-state index in [0.29, 0.717) is 12.2 Å². The zero-order chi connectivity index (χ0) is 26.6. The predicted octanol–water partition coefficient (Wildman–Crippen LogP) is 4.90. The van der Waals surface area contributed by atoms with Gasteiger partial charge in [0.1, 0.15) is 17.7 Å². The highest BCUT2D eigenvalue weighted by Gasteiger charge is 2.45. The summed E-state index contributed by atoms with van der Waals surface area (Å²) in [7, 11) is 0. The predicted molar refractivity (Wildman–Crippen MR) is 143 cm³/mol. The van der Waals surface area contributed by atoms with Gasteiger partial charge in [0.05, 0.1) is 0 Å². The Labute approximate surface area is 215 Å². The number of carbonyl (C=O) groups is 3. The molecular formula is C27H43N3O4S. The maximum absolute atomic E-state index is 14.1. The Bertz CT molecular complexity index is 916. The molecule has 8 heteroatoms. The Kier molecular flexibility index (Phi) is 9.68. The number of benzene rings is 1. The first-order valence-corrected chi connectivity index (χ1v) is 13.7. The van der Waals surface area contributed by atoms with E-state index in [1.807, 2.05) is 59.1 Å². The van der Waals surface area contributed by atoms with E-state index >= 15 is 0 Å². The molecule has 2 unspecified atom stereocenters. The van der Waals surface area contributed by atoms with Gasteiger partial charge in [-0.15, -0.1) is 0 Å². The van der Waals surface area contributed by atoms with Crippen LogP contribution in [0.4, 0.5) is 4.79 Å². The molecule has 0 aromatic heterocycles. The minimum atomic E-state index is -0.786. The largest absolute Gasteiger partial charge is 0.444 e. The average molecular weight is 506 g/mol. The van der Waals surface area contributed by atoms with Crippen LogP contribution in [0, 0.1) is 13.8 Å². The van der Waals surface area contributed by atoms with Crippen LogP contribution in [0.2, 0.25) is 0 Å². The first-order valence-electron chi connectivity index (χ1n) is 12.3. The number of thioether (sulfide) groups is 1. The highest BCUT2D eigenvalue weighted by Crippen LogP contribution is 2.37. The molecule has 1 aromatic carbocycles. The maximum Gasteiger partial charge on any atom is 0.408 e. The summed E-state index contributed by atoms with van der Waals surface area (Å²) < 4.78 is 5.44. The number of hydrogen-bond donors (Lipinski definition) is 2. The molecular weight excluding hydrogens is 462 g/mol. The van der Waals surface area contributed by atoms with E-state index in [1.165, 1.54) is 0 Å². The normalized spacial score (nSPS) is 15.7. The second kappa shape index (κ2) is 11.7. The van der Waals surface area contributed by atoms with Gasteiger partial charge >= 0.3 is 6.09 Å². The number of nitrogens with one attached hydrogen (secondary N) is 2. The van der Waals surface area contributed by atoms with Crippen molar-refractivity contribution < 1.29 is 19.1 Å². The molecule has 2 rings (SSSR count). The van der Waals surface area contributed by atoms with E-state index in [-0.39, 0.29) is 17.9 Å². The van der Waals surface area contributed by atoms with Crippen molar-refractivity contribution in [3.05, 3.63) is 34.9 Å². The zero-order valence-corrected chi connectivity index (χ0v) is 23.6. The van der Waals surface area contributed by atoms with Gasteiger partial charge < -0.3 is 20.3 Å². The molecule has 0 radical (unpaired) electrons. The monoisotopic (exact) mass is 505 g/mol. The van der Waals surface area contributed by atoms with Gasteiger partial charge in [0, 0.05) is 11.6 Å². The Morgan fingerprint density at radius 2 is 1.74 bits per heavy atom. The van der Waals surface area contributed by atoms with E-state index in [1.54, 1.807) is 37.4 Å². The van der Waals surface area contributed by atoms with Crippen LogP contribution in [0.3, 0.4) is 0 Å². The lowest BCUT2D eigenvalue weighted by molar-refractivity contribution is -0.143. The van der Waals surface area contributed by atoms with Crippen molar-refractivity contribution in [1.82, 2.24) is 15.5 Å². The van der Waals surface area contributed by atoms with Gasteiger partial charge in [-0.2, -0.15) is 11.8 Å². The second-order valence-corrected chi connectivity index (χ2v) is 12.4. The number of rotatable bonds is 9. The van der Waals surface area contributed by atoms with Crippen molar-refractivity contribution in [2.45, 2.75) is 104 Å². The SMILES string of the molecule is CSCCC(NC(=O)OC(C)(C)C)C(=O)N(C1CC1)C(C(=O)NC(C)(C)C)c1cccc(C)c1C. The molecule has 7 nitrogen and oxygen atoms in total. The smallest absolute Gasteiger partial charge is 0.408 e. The van der Waals surface area contributed by atoms with Gasteiger partial charge in [0.15, 0.2) is 0 Å². The lowest BCUT2D eigenvalue weighted by Gasteiger charge is -2.37. The van der Waals surface area contributed by atoms with Gasteiger partial charge in [-0.1, -0.05) is 18.2 Å². The third-order valence-electron chi connectivity index (χ3n) is 5.76. The molecule has 3 amide bonds. The van der Waals surface area contributed by atoms with Crippen LogP contribution in [0.1, 0.15) is 83.5 Å². The Morgan fingerprint density at radius 3 is 2.26 bits per heavy atom. The summed E-state index contributed by atoms with van der Waals surface area (Å²) >= 11 is 1.60. The molecule has 0 bridgehead atoms. The summed E-state index contributed by atoms with van der Waals surface area (Å²) in [5.41, 5.74) is 1.72. The molecule has 0 saturated heterocycles. The van der Waals surface area contributed by atoms with Crippen LogP contribution in [0.25, 0.3) is 0 Å². The number of nitrogens with zero attached hydrogens (tertiary/aromatic N) is 1. The zero-order valence-electron chi connectivity index (χ0n) is 22.8. The molecule has 0 spiro atoms. The van der Waals surface area contributed by atoms with E-state index in [4.69, 9.17) is 4.74 Å². The van der Waals surface area contributed by atoms with Crippen LogP contribution < -0.4 is 10.6 Å². The molecule has 1 saturated carbocycles. The quantitative estimate of drug-likeness (QED) is 0.499. The average Bonchev–Trinajstić information content (AvgIpc) is 3.53. The molecule has 1 aliphatic rings. The molecule has 1 aliphatic carbocycles. The van der Waals surface area contributed by atoms with E-state index in [0.717, 1.165) is 29.5 Å². The summed E-state index contributed by atoms with van der Waals surface area (Å²) in [6, 6.07) is 4.24. The molecule has 1 fully saturated rings. The molecule has 35 heavy (non-hydrogen) atoms. The number of amides is 3. The summed E-state index contributed by atoms with van der Waals surface area (Å²) in [5, 5.41) is 5.88. The fraction of sp³-hybridized carbons (Fsp3) is 0.667. The highest BCUT2D eigenvalue weighted by atomic mass is 32.2. The first kappa shape index (κ1) is 29.0. The minimum Gasteiger partial charge on any atom is -0.444 e. The van der Waals surface area contributed by atoms with Crippen molar-refractivity contribution in [1.29, 1.82) is 0 Å². The third-order valence-corrected chi connectivity index (χ3v) is 6.40. The fourth-order valence-electron chi connectivity index (χ4n) is 3.92. The second-order valence-electron chi connectivity index (χ2n) is 11.4. The van der Waals surface area contributed by atoms with E-state index < -0.39 is 29.3 Å². The Morgan fingerprint density at radius 1 is 1.11 bits per heavy atom. The summed E-state index contributed by atoms with van der Waals surface area (Å²) in [5.74, 6) is 0.224. The van der Waals surface area contributed by atoms with Gasteiger partial charge in [-0.05, 0) is 103 Å². The van der Waals surface area contributed by atoms with Crippen molar-refractivity contribution >= 4 is 29.7 Å². The molecule has 196 valence electrons. The van der Waals surface area contributed by atoms with Crippen LogP contribution in [-0.4, -0.2) is 58.0 Å². The number of alkyl carbamates (subject to hydrolysis) is 1. The van der Waals surface area contributed by atoms with Crippen LogP contribution in [0.5, 0.6) is 0 Å². The van der Waals surface area contributed by atoms with Crippen LogP contribution in [-0.2, 0) is 14.3 Å². The molecule has 1 aromatic rings. The van der Waals surface area contributed by atoms with E-state index in [2.05, 4.69) is 10.6 Å². The molecule has 2 N–H and O–H groups in total. The molecule has 0 heterocycles. The molecule has 2 atom stereocenters. The Hall–Kier alpha value is -2.22. The fourth-order valence-corrected chi connectivity index (χ4v) is 4.39. The lowest BCUT2D eigenvalue weighted by atomic mass is 9.94. The number of aryl methyl sites for hydroxylation is 1. The maximum atomic E-state index is 14.1. The highest BCUT2D eigenvalue weighted by molar-refractivity contribution is 7.98. The van der Waals surface area contributed by atoms with Gasteiger partial charge in [-0.3, -0.25) is 9.59 Å². The van der Waals surface area contributed by atoms with Gasteiger partial charge in [0.2, 0.25) is 11.8 Å². The Balaban J connectivity index is 2.50. The standard InChI is InChI=1S/C27H43N3O4S/c1-17-11-10-12-20(18(17)2)22(23(31)29-26(3,4)5)30(19-13-14-19)24(32)21(15-16-35-9)28-25(33)34-27(6,7)8/h10-12,19,21-22H,13-16H2,1-9H3,(H,28,33)(H,29,31). The number of hydrogen-bond acceptors (Lipinski definition) is 5. The van der Waals surface area contributed by atoms with E-state index in [9.17, 15) is 14.4 Å². The van der Waals surface area contributed by atoms with Crippen molar-refractivity contribution in [3.8, 4) is 0 Å². The van der Waals surface area contributed by atoms with Crippen molar-refractivity contribution in [2.24, 2.45) is 0 Å². The van der Waals surface area contributed by atoms with Gasteiger partial charge in [0.25, 0.3) is 0 Å².